The minimum Gasteiger partial charge on any atom is -0.396 e. The molecule has 1 aliphatic rings. The van der Waals surface area contributed by atoms with Crippen molar-refractivity contribution in [2.75, 3.05) is 6.61 Å². The molecule has 8 heteroatoms. The second-order valence-electron chi connectivity index (χ2n) is 8.73. The van der Waals surface area contributed by atoms with Crippen molar-refractivity contribution in [1.82, 2.24) is 19.1 Å². The molecule has 2 heterocycles. The van der Waals surface area contributed by atoms with Crippen molar-refractivity contribution < 1.29 is 9.90 Å². The summed E-state index contributed by atoms with van der Waals surface area (Å²) in [5.41, 5.74) is 1.88. The molecule has 1 fully saturated rings. The number of Topliss-reactive ketones (excluding diaryl/α,β-unsaturated/α-hetero) is 1. The summed E-state index contributed by atoms with van der Waals surface area (Å²) < 4.78 is 3.20. The van der Waals surface area contributed by atoms with Crippen LogP contribution in [0.2, 0.25) is 0 Å². The molecule has 32 heavy (non-hydrogen) atoms. The summed E-state index contributed by atoms with van der Waals surface area (Å²) >= 11 is 0. The molecule has 0 spiro atoms. The van der Waals surface area contributed by atoms with Crippen LogP contribution in [0.3, 0.4) is 0 Å². The Morgan fingerprint density at radius 1 is 1.12 bits per heavy atom. The van der Waals surface area contributed by atoms with Crippen molar-refractivity contribution in [2.45, 2.75) is 58.5 Å². The standard InChI is InChI=1S/C24H30N4O4/c1-2-27-15-25-22-21(27)23(31)26-24(32)28(22)13-17-5-3-16(4-6-17)9-12-20(30)19-10-7-18(14-29)8-11-19/h3-6,15,18-19,29H,2,7-14H2,1H3,(H,26,31,32). The van der Waals surface area contributed by atoms with Crippen molar-refractivity contribution in [3.8, 4) is 0 Å². The summed E-state index contributed by atoms with van der Waals surface area (Å²) in [7, 11) is 0. The highest BCUT2D eigenvalue weighted by atomic mass is 16.3. The molecule has 0 aliphatic heterocycles. The van der Waals surface area contributed by atoms with Crippen molar-refractivity contribution in [2.24, 2.45) is 11.8 Å². The summed E-state index contributed by atoms with van der Waals surface area (Å²) in [5, 5.41) is 9.25. The van der Waals surface area contributed by atoms with Gasteiger partial charge in [0.1, 0.15) is 5.78 Å². The largest absolute Gasteiger partial charge is 0.396 e. The zero-order chi connectivity index (χ0) is 22.7. The summed E-state index contributed by atoms with van der Waals surface area (Å²) in [4.78, 5) is 43.8. The number of rotatable bonds is 8. The Bertz CT molecular complexity index is 1200. The van der Waals surface area contributed by atoms with Crippen LogP contribution in [0.25, 0.3) is 11.2 Å². The predicted octanol–water partition coefficient (Wildman–Crippen LogP) is 2.25. The van der Waals surface area contributed by atoms with Crippen LogP contribution >= 0.6 is 0 Å². The molecule has 170 valence electrons. The number of nitrogens with one attached hydrogen (secondary N) is 1. The van der Waals surface area contributed by atoms with E-state index in [0.29, 0.717) is 48.8 Å². The van der Waals surface area contributed by atoms with Gasteiger partial charge in [0.05, 0.1) is 12.9 Å². The third-order valence-corrected chi connectivity index (χ3v) is 6.68. The number of imidazole rings is 1. The number of ketones is 1. The number of nitrogens with zero attached hydrogens (tertiary/aromatic N) is 3. The van der Waals surface area contributed by atoms with Gasteiger partial charge in [-0.15, -0.1) is 0 Å². The fraction of sp³-hybridized carbons (Fsp3) is 0.500. The molecular formula is C24H30N4O4. The van der Waals surface area contributed by atoms with Crippen molar-refractivity contribution in [3.05, 3.63) is 62.6 Å². The van der Waals surface area contributed by atoms with Gasteiger partial charge in [-0.05, 0) is 56.1 Å². The Labute approximate surface area is 185 Å². The minimum atomic E-state index is -0.477. The second-order valence-corrected chi connectivity index (χ2v) is 8.73. The number of aromatic amines is 1. The highest BCUT2D eigenvalue weighted by molar-refractivity contribution is 5.81. The van der Waals surface area contributed by atoms with Gasteiger partial charge in [-0.1, -0.05) is 24.3 Å². The maximum Gasteiger partial charge on any atom is 0.330 e. The van der Waals surface area contributed by atoms with Crippen LogP contribution in [-0.4, -0.2) is 36.6 Å². The van der Waals surface area contributed by atoms with E-state index in [0.717, 1.165) is 36.8 Å². The van der Waals surface area contributed by atoms with Gasteiger partial charge in [-0.3, -0.25) is 19.1 Å². The Hall–Kier alpha value is -3.00. The molecular weight excluding hydrogens is 408 g/mol. The van der Waals surface area contributed by atoms with Gasteiger partial charge in [-0.25, -0.2) is 9.78 Å². The first-order chi connectivity index (χ1) is 15.5. The molecule has 1 saturated carbocycles. The Morgan fingerprint density at radius 2 is 1.81 bits per heavy atom. The van der Waals surface area contributed by atoms with E-state index in [2.05, 4.69) is 9.97 Å². The Kier molecular flexibility index (Phi) is 6.69. The molecule has 2 aromatic heterocycles. The van der Waals surface area contributed by atoms with Crippen LogP contribution in [0.5, 0.6) is 0 Å². The van der Waals surface area contributed by atoms with E-state index in [1.165, 1.54) is 4.57 Å². The van der Waals surface area contributed by atoms with Crippen molar-refractivity contribution >= 4 is 16.9 Å². The highest BCUT2D eigenvalue weighted by Crippen LogP contribution is 2.30. The topological polar surface area (TPSA) is 110 Å². The summed E-state index contributed by atoms with van der Waals surface area (Å²) in [5.74, 6) is 0.812. The maximum atomic E-state index is 12.6. The predicted molar refractivity (Wildman–Crippen MR) is 122 cm³/mol. The van der Waals surface area contributed by atoms with Crippen LogP contribution < -0.4 is 11.2 Å². The van der Waals surface area contributed by atoms with E-state index in [9.17, 15) is 19.5 Å². The SMILES string of the molecule is CCn1cnc2c1c(=O)[nH]c(=O)n2Cc1ccc(CCC(=O)C2CCC(CO)CC2)cc1. The first-order valence-electron chi connectivity index (χ1n) is 11.4. The monoisotopic (exact) mass is 438 g/mol. The number of carbonyl (C=O) groups is 1. The second kappa shape index (κ2) is 9.65. The van der Waals surface area contributed by atoms with Crippen LogP contribution in [0, 0.1) is 11.8 Å². The number of hydrogen-bond donors (Lipinski definition) is 2. The molecule has 4 rings (SSSR count). The Balaban J connectivity index is 1.41. The number of aliphatic hydroxyl groups is 1. The Morgan fingerprint density at radius 3 is 2.47 bits per heavy atom. The van der Waals surface area contributed by atoms with Gasteiger partial charge in [0.25, 0.3) is 5.56 Å². The number of carbonyl (C=O) groups excluding carboxylic acids is 1. The number of aliphatic hydroxyl groups excluding tert-OH is 1. The van der Waals surface area contributed by atoms with Gasteiger partial charge < -0.3 is 9.67 Å². The molecule has 0 amide bonds. The van der Waals surface area contributed by atoms with Crippen LogP contribution in [0.1, 0.15) is 50.2 Å². The quantitative estimate of drug-likeness (QED) is 0.561. The van der Waals surface area contributed by atoms with E-state index < -0.39 is 11.2 Å². The normalized spacial score (nSPS) is 18.8. The van der Waals surface area contributed by atoms with Gasteiger partial charge >= 0.3 is 5.69 Å². The molecule has 0 saturated heterocycles. The lowest BCUT2D eigenvalue weighted by molar-refractivity contribution is -0.124. The third-order valence-electron chi connectivity index (χ3n) is 6.68. The molecule has 8 nitrogen and oxygen atoms in total. The van der Waals surface area contributed by atoms with E-state index >= 15 is 0 Å². The molecule has 0 unspecified atom stereocenters. The number of hydrogen-bond acceptors (Lipinski definition) is 5. The first-order valence-corrected chi connectivity index (χ1v) is 11.4. The number of benzene rings is 1. The zero-order valence-corrected chi connectivity index (χ0v) is 18.4. The highest BCUT2D eigenvalue weighted by Gasteiger charge is 2.25. The van der Waals surface area contributed by atoms with Crippen LogP contribution in [0.15, 0.2) is 40.2 Å². The van der Waals surface area contributed by atoms with Gasteiger partial charge in [-0.2, -0.15) is 0 Å². The minimum absolute atomic E-state index is 0.134. The van der Waals surface area contributed by atoms with Crippen molar-refractivity contribution in [1.29, 1.82) is 0 Å². The average Bonchev–Trinajstić information content (AvgIpc) is 3.26. The number of H-pyrrole nitrogens is 1. The molecule has 0 atom stereocenters. The molecule has 3 aromatic rings. The fourth-order valence-corrected chi connectivity index (χ4v) is 4.64. The lowest BCUT2D eigenvalue weighted by Gasteiger charge is -2.26. The van der Waals surface area contributed by atoms with Crippen LogP contribution in [-0.2, 0) is 24.3 Å². The average molecular weight is 439 g/mol. The number of fused-ring (bicyclic) bond motifs is 1. The van der Waals surface area contributed by atoms with Gasteiger partial charge in [0.2, 0.25) is 0 Å². The molecule has 1 aliphatic carbocycles. The van der Waals surface area contributed by atoms with E-state index in [4.69, 9.17) is 0 Å². The van der Waals surface area contributed by atoms with Gasteiger partial charge in [0.15, 0.2) is 11.2 Å². The zero-order valence-electron chi connectivity index (χ0n) is 18.4. The summed E-state index contributed by atoms with van der Waals surface area (Å²) in [6, 6.07) is 7.88. The molecule has 1 aromatic carbocycles. The van der Waals surface area contributed by atoms with E-state index in [1.807, 2.05) is 31.2 Å². The third kappa shape index (κ3) is 4.60. The molecule has 0 bridgehead atoms. The first kappa shape index (κ1) is 22.2. The smallest absolute Gasteiger partial charge is 0.330 e. The summed E-state index contributed by atoms with van der Waals surface area (Å²) in [6.45, 7) is 3.04. The van der Waals surface area contributed by atoms with Crippen molar-refractivity contribution in [3.63, 3.8) is 0 Å². The number of aromatic nitrogens is 4. The van der Waals surface area contributed by atoms with E-state index in [-0.39, 0.29) is 12.5 Å². The number of aryl methyl sites for hydroxylation is 2. The molecule has 2 N–H and O–H groups in total. The van der Waals surface area contributed by atoms with E-state index in [1.54, 1.807) is 10.9 Å². The molecule has 0 radical (unpaired) electrons. The van der Waals surface area contributed by atoms with Gasteiger partial charge in [0, 0.05) is 25.5 Å². The lowest BCUT2D eigenvalue weighted by Crippen LogP contribution is -2.31. The summed E-state index contributed by atoms with van der Waals surface area (Å²) in [6.07, 6.45) is 6.46. The fourth-order valence-electron chi connectivity index (χ4n) is 4.64. The maximum absolute atomic E-state index is 12.6. The van der Waals surface area contributed by atoms with Crippen LogP contribution in [0.4, 0.5) is 0 Å². The lowest BCUT2D eigenvalue weighted by atomic mass is 9.79.